The SMILES string of the molecule is NC(=O)c1cccc(F)c1-c1c(Cl)ccc2c1OC(CNC(=O)O)(c1ccccc1)O2. The Kier molecular flexibility index (Phi) is 5.16. The van der Waals surface area contributed by atoms with E-state index in [-0.39, 0.29) is 39.8 Å². The summed E-state index contributed by atoms with van der Waals surface area (Å²) >= 11 is 6.39. The van der Waals surface area contributed by atoms with Crippen LogP contribution in [0.3, 0.4) is 0 Å². The van der Waals surface area contributed by atoms with Gasteiger partial charge in [-0.05, 0) is 24.3 Å². The molecule has 1 aliphatic heterocycles. The number of amides is 2. The second kappa shape index (κ2) is 7.81. The highest BCUT2D eigenvalue weighted by molar-refractivity contribution is 6.34. The molecule has 0 spiro atoms. The van der Waals surface area contributed by atoms with E-state index in [0.717, 1.165) is 0 Å². The van der Waals surface area contributed by atoms with E-state index in [1.54, 1.807) is 30.3 Å². The Labute approximate surface area is 181 Å². The summed E-state index contributed by atoms with van der Waals surface area (Å²) in [5, 5.41) is 11.5. The summed E-state index contributed by atoms with van der Waals surface area (Å²) in [4.78, 5) is 23.1. The zero-order chi connectivity index (χ0) is 22.2. The first-order valence-electron chi connectivity index (χ1n) is 9.14. The van der Waals surface area contributed by atoms with Gasteiger partial charge in [0.25, 0.3) is 5.79 Å². The average molecular weight is 443 g/mol. The average Bonchev–Trinajstić information content (AvgIpc) is 3.13. The number of benzene rings is 3. The van der Waals surface area contributed by atoms with Crippen molar-refractivity contribution in [2.75, 3.05) is 6.54 Å². The van der Waals surface area contributed by atoms with Crippen molar-refractivity contribution in [3.05, 3.63) is 82.6 Å². The number of ether oxygens (including phenoxy) is 2. The fraction of sp³-hybridized carbons (Fsp3) is 0.0909. The van der Waals surface area contributed by atoms with Gasteiger partial charge in [-0.3, -0.25) is 4.79 Å². The van der Waals surface area contributed by atoms with Crippen molar-refractivity contribution < 1.29 is 28.6 Å². The molecule has 31 heavy (non-hydrogen) atoms. The Morgan fingerprint density at radius 1 is 1.03 bits per heavy atom. The summed E-state index contributed by atoms with van der Waals surface area (Å²) in [6, 6.07) is 15.6. The van der Waals surface area contributed by atoms with Gasteiger partial charge in [0.2, 0.25) is 5.91 Å². The molecule has 158 valence electrons. The molecular formula is C22H16ClFN2O5. The third kappa shape index (κ3) is 3.62. The highest BCUT2D eigenvalue weighted by Crippen LogP contribution is 2.52. The molecule has 0 aliphatic carbocycles. The summed E-state index contributed by atoms with van der Waals surface area (Å²) in [5.41, 5.74) is 5.83. The third-order valence-corrected chi connectivity index (χ3v) is 5.14. The van der Waals surface area contributed by atoms with Crippen molar-refractivity contribution >= 4 is 23.6 Å². The smallest absolute Gasteiger partial charge is 0.404 e. The van der Waals surface area contributed by atoms with Gasteiger partial charge >= 0.3 is 6.09 Å². The van der Waals surface area contributed by atoms with Crippen LogP contribution < -0.4 is 20.5 Å². The molecule has 1 aliphatic rings. The topological polar surface area (TPSA) is 111 Å². The Morgan fingerprint density at radius 2 is 1.77 bits per heavy atom. The number of nitrogens with two attached hydrogens (primary N) is 1. The molecule has 7 nitrogen and oxygen atoms in total. The molecule has 0 saturated heterocycles. The summed E-state index contributed by atoms with van der Waals surface area (Å²) in [6.07, 6.45) is -1.28. The second-order valence-corrected chi connectivity index (χ2v) is 7.17. The van der Waals surface area contributed by atoms with Crippen LogP contribution in [-0.2, 0) is 5.79 Å². The number of primary amides is 1. The molecule has 0 radical (unpaired) electrons. The molecule has 1 unspecified atom stereocenters. The summed E-state index contributed by atoms with van der Waals surface area (Å²) in [7, 11) is 0. The van der Waals surface area contributed by atoms with Crippen molar-refractivity contribution in [2.24, 2.45) is 5.73 Å². The lowest BCUT2D eigenvalue weighted by Gasteiger charge is -2.28. The zero-order valence-electron chi connectivity index (χ0n) is 15.9. The van der Waals surface area contributed by atoms with Crippen LogP contribution in [-0.4, -0.2) is 23.7 Å². The Morgan fingerprint density at radius 3 is 2.45 bits per heavy atom. The number of hydrogen-bond donors (Lipinski definition) is 3. The van der Waals surface area contributed by atoms with Crippen LogP contribution in [0.5, 0.6) is 11.5 Å². The molecule has 9 heteroatoms. The van der Waals surface area contributed by atoms with E-state index in [9.17, 15) is 14.0 Å². The second-order valence-electron chi connectivity index (χ2n) is 6.76. The maximum absolute atomic E-state index is 14.9. The van der Waals surface area contributed by atoms with Crippen LogP contribution in [0.1, 0.15) is 15.9 Å². The minimum atomic E-state index is -1.57. The van der Waals surface area contributed by atoms with Gasteiger partial charge < -0.3 is 25.6 Å². The van der Waals surface area contributed by atoms with E-state index < -0.39 is 23.6 Å². The molecular weight excluding hydrogens is 427 g/mol. The van der Waals surface area contributed by atoms with Gasteiger partial charge in [0.05, 0.1) is 16.1 Å². The number of nitrogens with one attached hydrogen (secondary N) is 1. The van der Waals surface area contributed by atoms with Crippen molar-refractivity contribution in [2.45, 2.75) is 5.79 Å². The van der Waals surface area contributed by atoms with Gasteiger partial charge in [0.1, 0.15) is 12.4 Å². The van der Waals surface area contributed by atoms with Gasteiger partial charge in [-0.2, -0.15) is 0 Å². The highest BCUT2D eigenvalue weighted by Gasteiger charge is 2.46. The largest absolute Gasteiger partial charge is 0.465 e. The first-order chi connectivity index (χ1) is 14.8. The fourth-order valence-electron chi connectivity index (χ4n) is 3.48. The predicted molar refractivity (Wildman–Crippen MR) is 111 cm³/mol. The van der Waals surface area contributed by atoms with Crippen molar-refractivity contribution in [1.82, 2.24) is 5.32 Å². The Balaban J connectivity index is 1.90. The molecule has 4 rings (SSSR count). The molecule has 1 atom stereocenters. The fourth-order valence-corrected chi connectivity index (χ4v) is 3.72. The summed E-state index contributed by atoms with van der Waals surface area (Å²) < 4.78 is 27.0. The quantitative estimate of drug-likeness (QED) is 0.550. The number of carbonyl (C=O) groups excluding carboxylic acids is 1. The van der Waals surface area contributed by atoms with Gasteiger partial charge in [-0.25, -0.2) is 9.18 Å². The maximum atomic E-state index is 14.9. The number of carboxylic acid groups (broad SMARTS) is 1. The van der Waals surface area contributed by atoms with E-state index in [0.29, 0.717) is 5.56 Å². The van der Waals surface area contributed by atoms with E-state index in [1.165, 1.54) is 30.3 Å². The number of fused-ring (bicyclic) bond motifs is 1. The number of rotatable bonds is 5. The predicted octanol–water partition coefficient (Wildman–Crippen LogP) is 4.14. The molecule has 3 aromatic carbocycles. The lowest BCUT2D eigenvalue weighted by Crippen LogP contribution is -2.46. The number of halogens is 2. The standard InChI is InChI=1S/C22H16ClFN2O5/c23-14-9-10-16-19(18(14)17-13(20(25)27)7-4-8-15(17)24)31-22(30-16,11-26-21(28)29)12-5-2-1-3-6-12/h1-10,26H,11H2,(H2,25,27)(H,28,29). The monoisotopic (exact) mass is 442 g/mol. The summed E-state index contributed by atoms with van der Waals surface area (Å²) in [5.74, 6) is -2.87. The first-order valence-corrected chi connectivity index (χ1v) is 9.52. The van der Waals surface area contributed by atoms with E-state index in [4.69, 9.17) is 31.9 Å². The van der Waals surface area contributed by atoms with Crippen LogP contribution >= 0.6 is 11.6 Å². The summed E-state index contributed by atoms with van der Waals surface area (Å²) in [6.45, 7) is -0.266. The number of carbonyl (C=O) groups is 2. The van der Waals surface area contributed by atoms with Gasteiger partial charge in [0.15, 0.2) is 11.5 Å². The Bertz CT molecular complexity index is 1190. The molecule has 0 aromatic heterocycles. The molecule has 3 aromatic rings. The maximum Gasteiger partial charge on any atom is 0.404 e. The van der Waals surface area contributed by atoms with Crippen molar-refractivity contribution in [1.29, 1.82) is 0 Å². The van der Waals surface area contributed by atoms with Crippen molar-refractivity contribution in [3.63, 3.8) is 0 Å². The molecule has 4 N–H and O–H groups in total. The van der Waals surface area contributed by atoms with Gasteiger partial charge in [-0.15, -0.1) is 0 Å². The highest BCUT2D eigenvalue weighted by atomic mass is 35.5. The van der Waals surface area contributed by atoms with Gasteiger partial charge in [-0.1, -0.05) is 48.0 Å². The van der Waals surface area contributed by atoms with Crippen molar-refractivity contribution in [3.8, 4) is 22.6 Å². The van der Waals surface area contributed by atoms with Crippen LogP contribution in [0.4, 0.5) is 9.18 Å². The van der Waals surface area contributed by atoms with E-state index in [2.05, 4.69) is 5.32 Å². The minimum absolute atomic E-state index is 0.0659. The normalized spacial score (nSPS) is 16.7. The van der Waals surface area contributed by atoms with Crippen LogP contribution in [0.2, 0.25) is 5.02 Å². The lowest BCUT2D eigenvalue weighted by molar-refractivity contribution is -0.0821. The van der Waals surface area contributed by atoms with Crippen LogP contribution in [0.15, 0.2) is 60.7 Å². The van der Waals surface area contributed by atoms with E-state index >= 15 is 0 Å². The molecule has 0 fully saturated rings. The first kappa shape index (κ1) is 20.5. The third-order valence-electron chi connectivity index (χ3n) is 4.83. The van der Waals surface area contributed by atoms with Gasteiger partial charge in [0, 0.05) is 11.1 Å². The molecule has 1 heterocycles. The zero-order valence-corrected chi connectivity index (χ0v) is 16.7. The molecule has 0 saturated carbocycles. The van der Waals surface area contributed by atoms with E-state index in [1.807, 2.05) is 0 Å². The van der Waals surface area contributed by atoms with Crippen LogP contribution in [0.25, 0.3) is 11.1 Å². The molecule has 0 bridgehead atoms. The molecule has 2 amide bonds. The van der Waals surface area contributed by atoms with Crippen LogP contribution in [0, 0.1) is 5.82 Å². The Hall–Kier alpha value is -3.78. The number of hydrogen-bond acceptors (Lipinski definition) is 4. The lowest BCUT2D eigenvalue weighted by atomic mass is 9.97. The minimum Gasteiger partial charge on any atom is -0.465 e.